The topological polar surface area (TPSA) is 234 Å². The Bertz CT molecular complexity index is 1150. The maximum atomic E-state index is 13.2. The van der Waals surface area contributed by atoms with Crippen molar-refractivity contribution in [1.29, 1.82) is 0 Å². The van der Waals surface area contributed by atoms with Crippen LogP contribution in [0.25, 0.3) is 0 Å². The van der Waals surface area contributed by atoms with E-state index >= 15 is 0 Å². The lowest BCUT2D eigenvalue weighted by atomic mass is 9.88. The third kappa shape index (κ3) is 11.7. The summed E-state index contributed by atoms with van der Waals surface area (Å²) in [6.07, 6.45) is -1.76. The van der Waals surface area contributed by atoms with Gasteiger partial charge in [-0.25, -0.2) is 4.68 Å². The molecule has 1 aromatic heterocycles. The molecule has 2 saturated heterocycles. The number of aliphatic hydroxyl groups excluding tert-OH is 4. The number of aliphatic hydroxyl groups is 4. The molecule has 2 aliphatic rings. The first-order chi connectivity index (χ1) is 23.1. The molecule has 0 spiro atoms. The number of methoxy groups -OCH3 is 1. The molecule has 48 heavy (non-hydrogen) atoms. The number of unbranched alkanes of at least 4 members (excludes halogenated alkanes) is 1. The highest BCUT2D eigenvalue weighted by Crippen LogP contribution is 2.31. The van der Waals surface area contributed by atoms with Crippen molar-refractivity contribution in [3.05, 3.63) is 11.9 Å². The Morgan fingerprint density at radius 3 is 2.42 bits per heavy atom. The fourth-order valence-electron chi connectivity index (χ4n) is 5.22. The second-order valence-electron chi connectivity index (χ2n) is 11.4. The van der Waals surface area contributed by atoms with Crippen molar-refractivity contribution in [2.45, 2.75) is 95.1 Å². The van der Waals surface area contributed by atoms with Crippen molar-refractivity contribution in [2.75, 3.05) is 53.3 Å². The number of amides is 2. The monoisotopic (exact) mass is 687 g/mol. The number of terminal acetylenes is 1. The van der Waals surface area contributed by atoms with Crippen LogP contribution in [0.1, 0.15) is 32.4 Å². The van der Waals surface area contributed by atoms with Gasteiger partial charge in [-0.05, 0) is 12.8 Å². The predicted molar refractivity (Wildman–Crippen MR) is 163 cm³/mol. The van der Waals surface area contributed by atoms with Crippen LogP contribution in [-0.2, 0) is 55.9 Å². The van der Waals surface area contributed by atoms with Crippen molar-refractivity contribution in [1.82, 2.24) is 25.6 Å². The smallest absolute Gasteiger partial charge is 0.252 e. The minimum Gasteiger partial charge on any atom is -0.394 e. The molecule has 3 heterocycles. The molecule has 0 bridgehead atoms. The maximum Gasteiger partial charge on any atom is 0.252 e. The molecule has 2 fully saturated rings. The van der Waals surface area contributed by atoms with Gasteiger partial charge >= 0.3 is 0 Å². The Labute approximate surface area is 279 Å². The molecular weight excluding hydrogens is 638 g/mol. The maximum absolute atomic E-state index is 13.2. The van der Waals surface area contributed by atoms with Crippen LogP contribution in [0, 0.1) is 18.3 Å². The Kier molecular flexibility index (Phi) is 17.1. The minimum absolute atomic E-state index is 0.0672. The molecule has 0 aromatic carbocycles. The van der Waals surface area contributed by atoms with E-state index in [1.807, 2.05) is 6.20 Å². The van der Waals surface area contributed by atoms with Gasteiger partial charge in [0.1, 0.15) is 31.1 Å². The molecule has 6 N–H and O–H groups in total. The Morgan fingerprint density at radius 1 is 1.04 bits per heavy atom. The summed E-state index contributed by atoms with van der Waals surface area (Å²) >= 11 is 0. The van der Waals surface area contributed by atoms with Gasteiger partial charge in [0.15, 0.2) is 18.7 Å². The van der Waals surface area contributed by atoms with Gasteiger partial charge in [-0.1, -0.05) is 12.1 Å². The van der Waals surface area contributed by atoms with Gasteiger partial charge in [-0.2, -0.15) is 0 Å². The van der Waals surface area contributed by atoms with Crippen LogP contribution in [0.4, 0.5) is 0 Å². The van der Waals surface area contributed by atoms with Crippen molar-refractivity contribution in [3.63, 3.8) is 0 Å². The van der Waals surface area contributed by atoms with E-state index in [1.54, 1.807) is 11.6 Å². The molecule has 8 unspecified atom stereocenters. The fourth-order valence-corrected chi connectivity index (χ4v) is 5.22. The van der Waals surface area contributed by atoms with Crippen LogP contribution < -0.4 is 10.6 Å². The molecule has 3 rings (SSSR count). The Hall–Kier alpha value is -2.80. The summed E-state index contributed by atoms with van der Waals surface area (Å²) in [5, 5.41) is 55.0. The number of nitrogens with one attached hydrogen (secondary N) is 2. The van der Waals surface area contributed by atoms with Gasteiger partial charge in [0, 0.05) is 32.9 Å². The zero-order chi connectivity index (χ0) is 35.1. The van der Waals surface area contributed by atoms with Gasteiger partial charge < -0.3 is 64.2 Å². The Balaban J connectivity index is 1.41. The third-order valence-corrected chi connectivity index (χ3v) is 7.82. The first-order valence-corrected chi connectivity index (χ1v) is 15.9. The van der Waals surface area contributed by atoms with E-state index in [2.05, 4.69) is 26.9 Å². The van der Waals surface area contributed by atoms with Crippen LogP contribution in [-0.4, -0.2) is 156 Å². The van der Waals surface area contributed by atoms with E-state index < -0.39 is 79.6 Å². The lowest BCUT2D eigenvalue weighted by Crippen LogP contribution is -2.67. The largest absolute Gasteiger partial charge is 0.394 e. The number of aryl methyl sites for hydroxylation is 1. The number of hydrogen-bond donors (Lipinski definition) is 6. The average Bonchev–Trinajstić information content (AvgIpc) is 3.52. The second kappa shape index (κ2) is 20.7. The molecule has 1 aromatic rings. The number of carbonyl (C=O) groups excluding carboxylic acids is 2. The van der Waals surface area contributed by atoms with Crippen molar-refractivity contribution >= 4 is 11.8 Å². The fraction of sp³-hybridized carbons (Fsp3) is 0.800. The molecule has 0 aliphatic carbocycles. The lowest BCUT2D eigenvalue weighted by Gasteiger charge is -2.47. The van der Waals surface area contributed by atoms with Crippen LogP contribution in [0.15, 0.2) is 6.20 Å². The SMILES string of the molecule is C#CCCCc1cn(COCCOCCOCCNC(=O)C2O[C@H](OC)C(O)C(O)C2OC2O[C@H](CO)C(O)C(C)C2NC(C)=O)nn1. The molecule has 2 amide bonds. The number of ether oxygens (including phenoxy) is 7. The quantitative estimate of drug-likeness (QED) is 0.0594. The van der Waals surface area contributed by atoms with E-state index in [1.165, 1.54) is 14.0 Å². The third-order valence-electron chi connectivity index (χ3n) is 7.82. The normalized spacial score (nSPS) is 30.5. The summed E-state index contributed by atoms with van der Waals surface area (Å²) in [6.45, 7) is 3.99. The summed E-state index contributed by atoms with van der Waals surface area (Å²) in [7, 11) is 1.24. The van der Waals surface area contributed by atoms with E-state index in [4.69, 9.17) is 39.6 Å². The summed E-state index contributed by atoms with van der Waals surface area (Å²) in [5.41, 5.74) is 0.854. The van der Waals surface area contributed by atoms with Crippen LogP contribution in [0.3, 0.4) is 0 Å². The highest BCUT2D eigenvalue weighted by atomic mass is 16.7. The second-order valence-corrected chi connectivity index (χ2v) is 11.4. The lowest BCUT2D eigenvalue weighted by molar-refractivity contribution is -0.333. The molecular formula is C30H49N5O13. The predicted octanol–water partition coefficient (Wildman–Crippen LogP) is -2.95. The molecule has 0 saturated carbocycles. The first-order valence-electron chi connectivity index (χ1n) is 15.9. The van der Waals surface area contributed by atoms with Gasteiger partial charge in [-0.3, -0.25) is 9.59 Å². The van der Waals surface area contributed by atoms with E-state index in [9.17, 15) is 30.0 Å². The number of hydrogen-bond acceptors (Lipinski definition) is 15. The minimum atomic E-state index is -1.67. The van der Waals surface area contributed by atoms with Crippen LogP contribution in [0.5, 0.6) is 0 Å². The number of carbonyl (C=O) groups is 2. The number of rotatable bonds is 20. The first kappa shape index (κ1) is 39.6. The van der Waals surface area contributed by atoms with Crippen molar-refractivity contribution < 1.29 is 63.2 Å². The van der Waals surface area contributed by atoms with Crippen molar-refractivity contribution in [3.8, 4) is 12.3 Å². The zero-order valence-corrected chi connectivity index (χ0v) is 27.5. The van der Waals surface area contributed by atoms with Gasteiger partial charge in [0.25, 0.3) is 5.91 Å². The molecule has 0 radical (unpaired) electrons. The number of aromatic nitrogens is 3. The molecule has 272 valence electrons. The zero-order valence-electron chi connectivity index (χ0n) is 27.5. The molecule has 2 aliphatic heterocycles. The van der Waals surface area contributed by atoms with Crippen LogP contribution >= 0.6 is 0 Å². The van der Waals surface area contributed by atoms with Gasteiger partial charge in [0.05, 0.1) is 63.7 Å². The highest BCUT2D eigenvalue weighted by molar-refractivity contribution is 5.81. The highest BCUT2D eigenvalue weighted by Gasteiger charge is 2.52. The molecule has 18 nitrogen and oxygen atoms in total. The summed E-state index contributed by atoms with van der Waals surface area (Å²) in [5.74, 6) is 0.800. The van der Waals surface area contributed by atoms with Crippen LogP contribution in [0.2, 0.25) is 0 Å². The molecule has 10 atom stereocenters. The summed E-state index contributed by atoms with van der Waals surface area (Å²) in [6, 6.07) is -0.924. The standard InChI is InChI=1S/C30H49N5O13/c1-5-6-7-8-20-15-35(34-33-20)17-45-14-13-44-12-11-43-10-9-31-28(41)27-26(24(39)25(40)30(42-4)48-27)47-29-22(32-19(3)37)18(2)23(38)21(16-36)46-29/h1,15,18,21-27,29-30,36,38-40H,6-14,16-17H2,2-4H3,(H,31,41)(H,32,37)/t18?,21-,22?,23?,24?,25?,26?,27?,29?,30+/m1/s1. The molecule has 18 heteroatoms. The van der Waals surface area contributed by atoms with E-state index in [-0.39, 0.29) is 26.5 Å². The summed E-state index contributed by atoms with van der Waals surface area (Å²) < 4.78 is 40.5. The van der Waals surface area contributed by atoms with Gasteiger partial charge in [-0.15, -0.1) is 17.4 Å². The number of nitrogens with zero attached hydrogens (tertiary/aromatic N) is 3. The van der Waals surface area contributed by atoms with Gasteiger partial charge in [0.2, 0.25) is 5.91 Å². The van der Waals surface area contributed by atoms with E-state index in [0.717, 1.165) is 18.5 Å². The van der Waals surface area contributed by atoms with Crippen molar-refractivity contribution in [2.24, 2.45) is 5.92 Å². The average molecular weight is 688 g/mol. The van der Waals surface area contributed by atoms with E-state index in [0.29, 0.717) is 26.2 Å². The summed E-state index contributed by atoms with van der Waals surface area (Å²) in [4.78, 5) is 25.1. The Morgan fingerprint density at radius 2 is 1.75 bits per heavy atom.